The number of carbonyl (C=O) groups excluding carboxylic acids is 1. The van der Waals surface area contributed by atoms with Crippen LogP contribution in [0.3, 0.4) is 0 Å². The summed E-state index contributed by atoms with van der Waals surface area (Å²) in [5, 5.41) is 3.35. The zero-order valence-electron chi connectivity index (χ0n) is 13.4. The predicted molar refractivity (Wildman–Crippen MR) is 88.0 cm³/mol. The SMILES string of the molecule is CC(C)(C)OC(=O)Nc1cc(Cl)ccc1C(C)(C)CCN. The largest absolute Gasteiger partial charge is 0.444 e. The van der Waals surface area contributed by atoms with Gasteiger partial charge in [-0.05, 0) is 56.8 Å². The fourth-order valence-corrected chi connectivity index (χ4v) is 2.29. The first kappa shape index (κ1) is 17.8. The van der Waals surface area contributed by atoms with Crippen molar-refractivity contribution >= 4 is 23.4 Å². The summed E-state index contributed by atoms with van der Waals surface area (Å²) in [6.07, 6.45) is 0.312. The van der Waals surface area contributed by atoms with Gasteiger partial charge in [0, 0.05) is 10.7 Å². The van der Waals surface area contributed by atoms with E-state index >= 15 is 0 Å². The molecule has 0 aliphatic heterocycles. The smallest absolute Gasteiger partial charge is 0.412 e. The number of anilines is 1. The van der Waals surface area contributed by atoms with E-state index in [-0.39, 0.29) is 5.41 Å². The van der Waals surface area contributed by atoms with Gasteiger partial charge in [0.15, 0.2) is 0 Å². The summed E-state index contributed by atoms with van der Waals surface area (Å²) in [7, 11) is 0. The molecule has 118 valence electrons. The summed E-state index contributed by atoms with van der Waals surface area (Å²) in [6, 6.07) is 5.47. The molecule has 0 heterocycles. The van der Waals surface area contributed by atoms with Gasteiger partial charge in [-0.25, -0.2) is 4.79 Å². The first-order valence-electron chi connectivity index (χ1n) is 7.05. The molecule has 0 atom stereocenters. The van der Waals surface area contributed by atoms with Crippen LogP contribution >= 0.6 is 11.6 Å². The average molecular weight is 313 g/mol. The van der Waals surface area contributed by atoms with Gasteiger partial charge >= 0.3 is 6.09 Å². The molecule has 0 aliphatic rings. The molecule has 0 aromatic heterocycles. The van der Waals surface area contributed by atoms with Crippen LogP contribution in [0.1, 0.15) is 46.6 Å². The maximum absolute atomic E-state index is 12.0. The van der Waals surface area contributed by atoms with Crippen molar-refractivity contribution in [2.24, 2.45) is 5.73 Å². The van der Waals surface area contributed by atoms with Crippen molar-refractivity contribution in [3.8, 4) is 0 Å². The molecule has 1 rings (SSSR count). The Kier molecular flexibility index (Phi) is 5.65. The van der Waals surface area contributed by atoms with Gasteiger partial charge in [0.25, 0.3) is 0 Å². The number of nitrogens with two attached hydrogens (primary N) is 1. The Bertz CT molecular complexity index is 507. The minimum atomic E-state index is -0.546. The van der Waals surface area contributed by atoms with E-state index in [1.54, 1.807) is 6.07 Å². The van der Waals surface area contributed by atoms with Gasteiger partial charge in [-0.2, -0.15) is 0 Å². The van der Waals surface area contributed by atoms with E-state index in [4.69, 9.17) is 22.1 Å². The standard InChI is InChI=1S/C16H25ClN2O2/c1-15(2,3)21-14(20)19-13-10-11(17)6-7-12(13)16(4,5)8-9-18/h6-7,10H,8-9,18H2,1-5H3,(H,19,20). The van der Waals surface area contributed by atoms with Crippen molar-refractivity contribution in [2.45, 2.75) is 52.1 Å². The summed E-state index contributed by atoms with van der Waals surface area (Å²) in [5.74, 6) is 0. The molecule has 0 saturated heterocycles. The van der Waals surface area contributed by atoms with Crippen LogP contribution in [0.5, 0.6) is 0 Å². The van der Waals surface area contributed by atoms with Crippen molar-refractivity contribution in [3.05, 3.63) is 28.8 Å². The van der Waals surface area contributed by atoms with E-state index in [9.17, 15) is 4.79 Å². The third-order valence-corrected chi connectivity index (χ3v) is 3.35. The summed E-state index contributed by atoms with van der Waals surface area (Å²) >= 11 is 6.04. The average Bonchev–Trinajstić information content (AvgIpc) is 2.25. The van der Waals surface area contributed by atoms with Crippen molar-refractivity contribution in [2.75, 3.05) is 11.9 Å². The Hall–Kier alpha value is -1.26. The number of rotatable bonds is 4. The minimum absolute atomic E-state index is 0.163. The highest BCUT2D eigenvalue weighted by molar-refractivity contribution is 6.31. The zero-order chi connectivity index (χ0) is 16.3. The molecule has 0 saturated carbocycles. The lowest BCUT2D eigenvalue weighted by Gasteiger charge is -2.28. The highest BCUT2D eigenvalue weighted by Gasteiger charge is 2.25. The van der Waals surface area contributed by atoms with Gasteiger partial charge in [0.2, 0.25) is 0 Å². The van der Waals surface area contributed by atoms with E-state index in [1.807, 2.05) is 32.9 Å². The first-order valence-corrected chi connectivity index (χ1v) is 7.43. The van der Waals surface area contributed by atoms with E-state index in [2.05, 4.69) is 19.2 Å². The fraction of sp³-hybridized carbons (Fsp3) is 0.562. The number of benzene rings is 1. The molecule has 1 aromatic carbocycles. The molecule has 0 fully saturated rings. The normalized spacial score (nSPS) is 12.1. The molecular formula is C16H25ClN2O2. The molecule has 5 heteroatoms. The Morgan fingerprint density at radius 1 is 1.29 bits per heavy atom. The van der Waals surface area contributed by atoms with Gasteiger partial charge in [-0.3, -0.25) is 5.32 Å². The summed E-state index contributed by atoms with van der Waals surface area (Å²) < 4.78 is 5.29. The molecule has 4 nitrogen and oxygen atoms in total. The minimum Gasteiger partial charge on any atom is -0.444 e. The highest BCUT2D eigenvalue weighted by Crippen LogP contribution is 2.34. The van der Waals surface area contributed by atoms with Crippen molar-refractivity contribution in [1.82, 2.24) is 0 Å². The molecule has 0 radical (unpaired) electrons. The fourth-order valence-electron chi connectivity index (χ4n) is 2.12. The Balaban J connectivity index is 3.06. The first-order chi connectivity index (χ1) is 9.55. The van der Waals surface area contributed by atoms with Crippen LogP contribution in [0.2, 0.25) is 5.02 Å². The van der Waals surface area contributed by atoms with E-state index < -0.39 is 11.7 Å². The molecule has 0 bridgehead atoms. The number of hydrogen-bond donors (Lipinski definition) is 2. The Morgan fingerprint density at radius 3 is 2.43 bits per heavy atom. The van der Waals surface area contributed by atoms with Crippen LogP contribution in [-0.2, 0) is 10.2 Å². The van der Waals surface area contributed by atoms with Gasteiger partial charge in [0.05, 0.1) is 0 Å². The monoisotopic (exact) mass is 312 g/mol. The molecule has 0 aliphatic carbocycles. The second-order valence-corrected chi connectivity index (χ2v) is 7.18. The lowest BCUT2D eigenvalue weighted by molar-refractivity contribution is 0.0635. The molecular weight excluding hydrogens is 288 g/mol. The molecule has 0 spiro atoms. The quantitative estimate of drug-likeness (QED) is 0.870. The van der Waals surface area contributed by atoms with Crippen molar-refractivity contribution < 1.29 is 9.53 Å². The van der Waals surface area contributed by atoms with Crippen molar-refractivity contribution in [1.29, 1.82) is 0 Å². The Labute approximate surface area is 132 Å². The Morgan fingerprint density at radius 2 is 1.90 bits per heavy atom. The third-order valence-electron chi connectivity index (χ3n) is 3.12. The summed E-state index contributed by atoms with van der Waals surface area (Å²) in [5.41, 5.74) is 6.62. The molecule has 0 unspecified atom stereocenters. The predicted octanol–water partition coefficient (Wildman–Crippen LogP) is 4.31. The molecule has 1 aromatic rings. The maximum atomic E-state index is 12.0. The zero-order valence-corrected chi connectivity index (χ0v) is 14.2. The lowest BCUT2D eigenvalue weighted by atomic mass is 9.80. The van der Waals surface area contributed by atoms with E-state index in [0.717, 1.165) is 12.0 Å². The van der Waals surface area contributed by atoms with Crippen LogP contribution in [0.15, 0.2) is 18.2 Å². The van der Waals surface area contributed by atoms with Gasteiger partial charge in [-0.1, -0.05) is 31.5 Å². The number of amides is 1. The van der Waals surface area contributed by atoms with E-state index in [0.29, 0.717) is 17.3 Å². The molecule has 1 amide bonds. The summed E-state index contributed by atoms with van der Waals surface area (Å²) in [6.45, 7) is 10.2. The summed E-state index contributed by atoms with van der Waals surface area (Å²) in [4.78, 5) is 12.0. The van der Waals surface area contributed by atoms with E-state index in [1.165, 1.54) is 0 Å². The van der Waals surface area contributed by atoms with Crippen LogP contribution in [-0.4, -0.2) is 18.2 Å². The third kappa shape index (κ3) is 5.56. The second kappa shape index (κ2) is 6.67. The molecule has 21 heavy (non-hydrogen) atoms. The number of halogens is 1. The number of carbonyl (C=O) groups is 1. The number of hydrogen-bond acceptors (Lipinski definition) is 3. The van der Waals surface area contributed by atoms with Gasteiger partial charge in [0.1, 0.15) is 5.60 Å². The second-order valence-electron chi connectivity index (χ2n) is 6.74. The van der Waals surface area contributed by atoms with Gasteiger partial charge < -0.3 is 10.5 Å². The highest BCUT2D eigenvalue weighted by atomic mass is 35.5. The van der Waals surface area contributed by atoms with Gasteiger partial charge in [-0.15, -0.1) is 0 Å². The maximum Gasteiger partial charge on any atom is 0.412 e. The lowest BCUT2D eigenvalue weighted by Crippen LogP contribution is -2.29. The van der Waals surface area contributed by atoms with Crippen LogP contribution in [0.4, 0.5) is 10.5 Å². The van der Waals surface area contributed by atoms with Crippen LogP contribution in [0, 0.1) is 0 Å². The van der Waals surface area contributed by atoms with Crippen LogP contribution < -0.4 is 11.1 Å². The van der Waals surface area contributed by atoms with Crippen LogP contribution in [0.25, 0.3) is 0 Å². The van der Waals surface area contributed by atoms with Crippen molar-refractivity contribution in [3.63, 3.8) is 0 Å². The topological polar surface area (TPSA) is 64.3 Å². The molecule has 3 N–H and O–H groups in total. The number of nitrogens with one attached hydrogen (secondary N) is 1. The number of ether oxygens (including phenoxy) is 1.